The molecule has 0 saturated carbocycles. The van der Waals surface area contributed by atoms with Crippen molar-refractivity contribution in [3.05, 3.63) is 22.4 Å². The first-order chi connectivity index (χ1) is 11.7. The van der Waals surface area contributed by atoms with Crippen LogP contribution in [0, 0.1) is 5.92 Å². The zero-order chi connectivity index (χ0) is 17.2. The summed E-state index contributed by atoms with van der Waals surface area (Å²) in [6.07, 6.45) is 5.09. The number of rotatable bonds is 9. The van der Waals surface area contributed by atoms with Crippen molar-refractivity contribution in [3.8, 4) is 0 Å². The summed E-state index contributed by atoms with van der Waals surface area (Å²) >= 11 is 1.65. The monoisotopic (exact) mass is 351 g/mol. The van der Waals surface area contributed by atoms with Crippen LogP contribution < -0.4 is 10.6 Å². The predicted molar refractivity (Wildman–Crippen MR) is 97.9 cm³/mol. The Morgan fingerprint density at radius 2 is 2.04 bits per heavy atom. The third kappa shape index (κ3) is 6.61. The van der Waals surface area contributed by atoms with E-state index in [0.29, 0.717) is 13.1 Å². The molecule has 24 heavy (non-hydrogen) atoms. The number of nitrogens with one attached hydrogen (secondary N) is 2. The summed E-state index contributed by atoms with van der Waals surface area (Å²) in [6.45, 7) is 5.62. The van der Waals surface area contributed by atoms with Crippen LogP contribution in [0.15, 0.2) is 17.5 Å². The second-order valence-electron chi connectivity index (χ2n) is 6.40. The molecule has 1 saturated heterocycles. The van der Waals surface area contributed by atoms with Crippen LogP contribution >= 0.6 is 11.3 Å². The highest BCUT2D eigenvalue weighted by Gasteiger charge is 2.25. The van der Waals surface area contributed by atoms with Crippen molar-refractivity contribution in [3.63, 3.8) is 0 Å². The molecule has 1 aliphatic heterocycles. The van der Waals surface area contributed by atoms with E-state index in [9.17, 15) is 9.59 Å². The fourth-order valence-corrected chi connectivity index (χ4v) is 3.59. The largest absolute Gasteiger partial charge is 0.356 e. The number of piperidine rings is 1. The normalized spacial score (nSPS) is 16.0. The molecule has 134 valence electrons. The van der Waals surface area contributed by atoms with E-state index >= 15 is 0 Å². The molecule has 0 atom stereocenters. The summed E-state index contributed by atoms with van der Waals surface area (Å²) in [7, 11) is 0. The molecule has 0 aliphatic carbocycles. The third-order valence-corrected chi connectivity index (χ3v) is 5.32. The second-order valence-corrected chi connectivity index (χ2v) is 7.44. The fourth-order valence-electron chi connectivity index (χ4n) is 2.94. The van der Waals surface area contributed by atoms with Crippen LogP contribution in [0.3, 0.4) is 0 Å². The minimum absolute atomic E-state index is 0.0610. The molecule has 2 N–H and O–H groups in total. The lowest BCUT2D eigenvalue weighted by molar-refractivity contribution is -0.126. The Morgan fingerprint density at radius 3 is 2.71 bits per heavy atom. The SMILES string of the molecule is CCCCCNC(=O)C1CCN(CC(=O)NCc2cccs2)CC1. The van der Waals surface area contributed by atoms with Crippen molar-refractivity contribution in [1.29, 1.82) is 0 Å². The van der Waals surface area contributed by atoms with E-state index < -0.39 is 0 Å². The van der Waals surface area contributed by atoms with Crippen molar-refractivity contribution in [2.24, 2.45) is 5.92 Å². The Kier molecular flexibility index (Phi) is 8.25. The number of hydrogen-bond acceptors (Lipinski definition) is 4. The number of carbonyl (C=O) groups excluding carboxylic acids is 2. The molecule has 0 bridgehead atoms. The van der Waals surface area contributed by atoms with Gasteiger partial charge in [-0.1, -0.05) is 25.8 Å². The highest BCUT2D eigenvalue weighted by molar-refractivity contribution is 7.09. The van der Waals surface area contributed by atoms with Gasteiger partial charge in [-0.15, -0.1) is 11.3 Å². The quantitative estimate of drug-likeness (QED) is 0.672. The molecule has 2 amide bonds. The van der Waals surface area contributed by atoms with Gasteiger partial charge in [0.2, 0.25) is 11.8 Å². The second kappa shape index (κ2) is 10.5. The van der Waals surface area contributed by atoms with Gasteiger partial charge in [-0.2, -0.15) is 0 Å². The minimum atomic E-state index is 0.0610. The maximum atomic E-state index is 12.1. The molecule has 5 nitrogen and oxygen atoms in total. The molecule has 0 radical (unpaired) electrons. The Balaban J connectivity index is 1.59. The average molecular weight is 352 g/mol. The summed E-state index contributed by atoms with van der Waals surface area (Å²) in [5, 5.41) is 8.01. The highest BCUT2D eigenvalue weighted by atomic mass is 32.1. The van der Waals surface area contributed by atoms with Crippen LogP contribution in [0.25, 0.3) is 0 Å². The topological polar surface area (TPSA) is 61.4 Å². The van der Waals surface area contributed by atoms with Gasteiger partial charge in [0.15, 0.2) is 0 Å². The molecule has 1 aromatic rings. The zero-order valence-corrected chi connectivity index (χ0v) is 15.4. The van der Waals surface area contributed by atoms with Gasteiger partial charge in [0.25, 0.3) is 0 Å². The third-order valence-electron chi connectivity index (χ3n) is 4.45. The van der Waals surface area contributed by atoms with Gasteiger partial charge in [0.05, 0.1) is 13.1 Å². The number of thiophene rings is 1. The Hall–Kier alpha value is -1.40. The molecule has 1 aliphatic rings. The molecule has 0 aromatic carbocycles. The van der Waals surface area contributed by atoms with Crippen molar-refractivity contribution >= 4 is 23.2 Å². The van der Waals surface area contributed by atoms with Gasteiger partial charge in [-0.25, -0.2) is 0 Å². The fraction of sp³-hybridized carbons (Fsp3) is 0.667. The Bertz CT molecular complexity index is 496. The maximum Gasteiger partial charge on any atom is 0.234 e. The molecular weight excluding hydrogens is 322 g/mol. The molecule has 2 rings (SSSR count). The lowest BCUT2D eigenvalue weighted by atomic mass is 9.96. The Labute approximate surface area is 148 Å². The lowest BCUT2D eigenvalue weighted by Crippen LogP contribution is -2.44. The first-order valence-electron chi connectivity index (χ1n) is 8.98. The molecule has 1 aromatic heterocycles. The van der Waals surface area contributed by atoms with Crippen molar-refractivity contribution in [1.82, 2.24) is 15.5 Å². The van der Waals surface area contributed by atoms with Crippen LogP contribution in [-0.4, -0.2) is 42.9 Å². The van der Waals surface area contributed by atoms with Crippen molar-refractivity contribution < 1.29 is 9.59 Å². The average Bonchev–Trinajstić information content (AvgIpc) is 3.11. The van der Waals surface area contributed by atoms with Gasteiger partial charge < -0.3 is 10.6 Å². The van der Waals surface area contributed by atoms with Crippen LogP contribution in [0.5, 0.6) is 0 Å². The summed E-state index contributed by atoms with van der Waals surface area (Å²) in [5.74, 6) is 0.357. The molecular formula is C18H29N3O2S. The molecule has 6 heteroatoms. The zero-order valence-electron chi connectivity index (χ0n) is 14.6. The number of carbonyl (C=O) groups is 2. The standard InChI is InChI=1S/C18H29N3O2S/c1-2-3-4-9-19-18(23)15-7-10-21(11-8-15)14-17(22)20-13-16-6-5-12-24-16/h5-6,12,15H,2-4,7-11,13-14H2,1H3,(H,19,23)(H,20,22). The van der Waals surface area contributed by atoms with Gasteiger partial charge >= 0.3 is 0 Å². The summed E-state index contributed by atoms with van der Waals surface area (Å²) in [6, 6.07) is 4.01. The van der Waals surface area contributed by atoms with Gasteiger partial charge in [0.1, 0.15) is 0 Å². The summed E-state index contributed by atoms with van der Waals surface area (Å²) in [4.78, 5) is 27.4. The van der Waals surface area contributed by atoms with E-state index in [4.69, 9.17) is 0 Å². The minimum Gasteiger partial charge on any atom is -0.356 e. The number of hydrogen-bond donors (Lipinski definition) is 2. The number of nitrogens with zero attached hydrogens (tertiary/aromatic N) is 1. The van der Waals surface area contributed by atoms with Crippen LogP contribution in [0.1, 0.15) is 43.9 Å². The number of likely N-dealkylation sites (tertiary alicyclic amines) is 1. The van der Waals surface area contributed by atoms with Gasteiger partial charge in [-0.05, 0) is 43.8 Å². The number of amides is 2. The maximum absolute atomic E-state index is 12.1. The number of unbranched alkanes of at least 4 members (excludes halogenated alkanes) is 2. The van der Waals surface area contributed by atoms with E-state index in [2.05, 4.69) is 22.5 Å². The lowest BCUT2D eigenvalue weighted by Gasteiger charge is -2.30. The smallest absolute Gasteiger partial charge is 0.234 e. The van der Waals surface area contributed by atoms with Crippen LogP contribution in [0.2, 0.25) is 0 Å². The van der Waals surface area contributed by atoms with Crippen LogP contribution in [-0.2, 0) is 16.1 Å². The molecule has 1 fully saturated rings. The first-order valence-corrected chi connectivity index (χ1v) is 9.86. The van der Waals surface area contributed by atoms with E-state index in [0.717, 1.165) is 38.9 Å². The summed E-state index contributed by atoms with van der Waals surface area (Å²) in [5.41, 5.74) is 0. The first kappa shape index (κ1) is 18.9. The molecule has 0 spiro atoms. The molecule has 2 heterocycles. The van der Waals surface area contributed by atoms with Gasteiger partial charge in [0, 0.05) is 17.3 Å². The van der Waals surface area contributed by atoms with E-state index in [1.165, 1.54) is 17.7 Å². The highest BCUT2D eigenvalue weighted by Crippen LogP contribution is 2.17. The van der Waals surface area contributed by atoms with Crippen molar-refractivity contribution in [2.45, 2.75) is 45.6 Å². The van der Waals surface area contributed by atoms with E-state index in [1.54, 1.807) is 11.3 Å². The van der Waals surface area contributed by atoms with E-state index in [-0.39, 0.29) is 17.7 Å². The van der Waals surface area contributed by atoms with E-state index in [1.807, 2.05) is 17.5 Å². The Morgan fingerprint density at radius 1 is 1.25 bits per heavy atom. The van der Waals surface area contributed by atoms with Crippen LogP contribution in [0.4, 0.5) is 0 Å². The molecule has 0 unspecified atom stereocenters. The predicted octanol–water partition coefficient (Wildman–Crippen LogP) is 2.38. The van der Waals surface area contributed by atoms with Gasteiger partial charge in [-0.3, -0.25) is 14.5 Å². The summed E-state index contributed by atoms with van der Waals surface area (Å²) < 4.78 is 0. The van der Waals surface area contributed by atoms with Crippen molar-refractivity contribution in [2.75, 3.05) is 26.2 Å².